The number of benzene rings is 1. The van der Waals surface area contributed by atoms with E-state index in [1.165, 1.54) is 7.11 Å². The molecule has 0 aromatic heterocycles. The maximum atomic E-state index is 11.6. The van der Waals surface area contributed by atoms with Crippen molar-refractivity contribution in [2.24, 2.45) is 0 Å². The summed E-state index contributed by atoms with van der Waals surface area (Å²) in [5, 5.41) is 5.96. The van der Waals surface area contributed by atoms with Crippen LogP contribution in [0.2, 0.25) is 5.02 Å². The minimum Gasteiger partial charge on any atom is -0.493 e. The molecule has 0 bridgehead atoms. The normalized spacial score (nSPS) is 16.1. The molecule has 1 aliphatic rings. The Morgan fingerprint density at radius 3 is 2.57 bits per heavy atom. The summed E-state index contributed by atoms with van der Waals surface area (Å²) in [7, 11) is 1.53. The molecular formula is C14H15ClN2O3S. The van der Waals surface area contributed by atoms with Crippen LogP contribution in [0, 0.1) is 0 Å². The SMILES string of the molecule is COc1cc(C=C2NC(=S)NC2=O)cc(Cl)c1OC(C)C. The average molecular weight is 327 g/mol. The number of methoxy groups -OCH3 is 1. The lowest BCUT2D eigenvalue weighted by atomic mass is 10.1. The molecule has 0 saturated carbocycles. The van der Waals surface area contributed by atoms with Gasteiger partial charge in [0.15, 0.2) is 16.6 Å². The summed E-state index contributed by atoms with van der Waals surface area (Å²) in [4.78, 5) is 11.6. The highest BCUT2D eigenvalue weighted by Gasteiger charge is 2.20. The molecule has 7 heteroatoms. The monoisotopic (exact) mass is 326 g/mol. The fourth-order valence-electron chi connectivity index (χ4n) is 1.82. The zero-order valence-electron chi connectivity index (χ0n) is 11.8. The van der Waals surface area contributed by atoms with Crippen molar-refractivity contribution in [1.82, 2.24) is 10.6 Å². The maximum absolute atomic E-state index is 11.6. The van der Waals surface area contributed by atoms with Crippen molar-refractivity contribution < 1.29 is 14.3 Å². The van der Waals surface area contributed by atoms with Crippen LogP contribution in [0.1, 0.15) is 19.4 Å². The van der Waals surface area contributed by atoms with Gasteiger partial charge in [-0.05, 0) is 49.8 Å². The van der Waals surface area contributed by atoms with E-state index in [1.54, 1.807) is 18.2 Å². The second-order valence-corrected chi connectivity index (χ2v) is 5.48. The molecule has 0 aliphatic carbocycles. The van der Waals surface area contributed by atoms with E-state index in [9.17, 15) is 4.79 Å². The number of hydrogen-bond acceptors (Lipinski definition) is 4. The Morgan fingerprint density at radius 1 is 1.33 bits per heavy atom. The van der Waals surface area contributed by atoms with Crippen LogP contribution in [0.3, 0.4) is 0 Å². The van der Waals surface area contributed by atoms with E-state index in [4.69, 9.17) is 33.3 Å². The van der Waals surface area contributed by atoms with Crippen molar-refractivity contribution in [3.63, 3.8) is 0 Å². The molecule has 1 aromatic carbocycles. The predicted molar refractivity (Wildman–Crippen MR) is 85.6 cm³/mol. The zero-order chi connectivity index (χ0) is 15.6. The van der Waals surface area contributed by atoms with Crippen LogP contribution in [-0.2, 0) is 4.79 Å². The van der Waals surface area contributed by atoms with Gasteiger partial charge in [0, 0.05) is 0 Å². The molecule has 0 radical (unpaired) electrons. The smallest absolute Gasteiger partial charge is 0.273 e. The molecule has 0 unspecified atom stereocenters. The second kappa shape index (κ2) is 6.32. The Kier molecular flexibility index (Phi) is 4.69. The summed E-state index contributed by atoms with van der Waals surface area (Å²) in [6.45, 7) is 3.80. The Labute approximate surface area is 133 Å². The molecule has 112 valence electrons. The standard InChI is InChI=1S/C14H15ClN2O3S/c1-7(2)20-12-9(15)4-8(6-11(12)19-3)5-10-13(18)17-14(21)16-10/h4-7H,1-3H3,(H2,16,17,18,21). The third kappa shape index (κ3) is 3.65. The first-order chi connectivity index (χ1) is 9.90. The number of ether oxygens (including phenoxy) is 2. The van der Waals surface area contributed by atoms with E-state index in [0.29, 0.717) is 27.8 Å². The quantitative estimate of drug-likeness (QED) is 0.657. The molecule has 0 spiro atoms. The Bertz CT molecular complexity index is 629. The third-order valence-electron chi connectivity index (χ3n) is 2.64. The Hall–Kier alpha value is -1.79. The molecule has 0 atom stereocenters. The number of amides is 1. The van der Waals surface area contributed by atoms with Gasteiger partial charge in [-0.15, -0.1) is 0 Å². The lowest BCUT2D eigenvalue weighted by molar-refractivity contribution is -0.115. The molecule has 1 amide bonds. The second-order valence-electron chi connectivity index (χ2n) is 4.67. The molecule has 5 nitrogen and oxygen atoms in total. The van der Waals surface area contributed by atoms with E-state index in [0.717, 1.165) is 0 Å². The number of rotatable bonds is 4. The van der Waals surface area contributed by atoms with E-state index < -0.39 is 0 Å². The summed E-state index contributed by atoms with van der Waals surface area (Å²) < 4.78 is 10.9. The lowest BCUT2D eigenvalue weighted by Gasteiger charge is -2.15. The van der Waals surface area contributed by atoms with Crippen molar-refractivity contribution in [1.29, 1.82) is 0 Å². The van der Waals surface area contributed by atoms with Crippen LogP contribution in [0.15, 0.2) is 17.8 Å². The largest absolute Gasteiger partial charge is 0.493 e. The van der Waals surface area contributed by atoms with E-state index in [1.807, 2.05) is 13.8 Å². The van der Waals surface area contributed by atoms with Crippen molar-refractivity contribution in [2.75, 3.05) is 7.11 Å². The molecule has 2 rings (SSSR count). The summed E-state index contributed by atoms with van der Waals surface area (Å²) in [5.74, 6) is 0.706. The van der Waals surface area contributed by atoms with Gasteiger partial charge in [-0.1, -0.05) is 11.6 Å². The molecular weight excluding hydrogens is 312 g/mol. The van der Waals surface area contributed by atoms with E-state index in [-0.39, 0.29) is 17.1 Å². The van der Waals surface area contributed by atoms with Gasteiger partial charge in [0.25, 0.3) is 5.91 Å². The molecule has 2 N–H and O–H groups in total. The fourth-order valence-corrected chi connectivity index (χ4v) is 2.29. The van der Waals surface area contributed by atoms with Crippen LogP contribution in [-0.4, -0.2) is 24.2 Å². The van der Waals surface area contributed by atoms with Crippen LogP contribution >= 0.6 is 23.8 Å². The van der Waals surface area contributed by atoms with Gasteiger partial charge < -0.3 is 14.8 Å². The zero-order valence-corrected chi connectivity index (χ0v) is 13.4. The number of carbonyl (C=O) groups excluding carboxylic acids is 1. The average Bonchev–Trinajstić information content (AvgIpc) is 2.70. The predicted octanol–water partition coefficient (Wildman–Crippen LogP) is 2.48. The number of thiocarbonyl (C=S) groups is 1. The molecule has 1 fully saturated rings. The van der Waals surface area contributed by atoms with Gasteiger partial charge in [0.2, 0.25) is 0 Å². The van der Waals surface area contributed by atoms with Crippen molar-refractivity contribution >= 4 is 40.9 Å². The van der Waals surface area contributed by atoms with Crippen molar-refractivity contribution in [2.45, 2.75) is 20.0 Å². The molecule has 1 aliphatic heterocycles. The first kappa shape index (κ1) is 15.6. The summed E-state index contributed by atoms with van der Waals surface area (Å²) in [5.41, 5.74) is 1.06. The van der Waals surface area contributed by atoms with Gasteiger partial charge in [-0.3, -0.25) is 10.1 Å². The Morgan fingerprint density at radius 2 is 2.05 bits per heavy atom. The highest BCUT2D eigenvalue weighted by atomic mass is 35.5. The van der Waals surface area contributed by atoms with Gasteiger partial charge in [0.05, 0.1) is 18.2 Å². The van der Waals surface area contributed by atoms with Crippen molar-refractivity contribution in [3.8, 4) is 11.5 Å². The van der Waals surface area contributed by atoms with Gasteiger partial charge in [-0.25, -0.2) is 0 Å². The highest BCUT2D eigenvalue weighted by Crippen LogP contribution is 2.37. The number of carbonyl (C=O) groups is 1. The van der Waals surface area contributed by atoms with E-state index in [2.05, 4.69) is 10.6 Å². The molecule has 1 heterocycles. The molecule has 1 aromatic rings. The van der Waals surface area contributed by atoms with E-state index >= 15 is 0 Å². The minimum atomic E-state index is -0.280. The first-order valence-corrected chi connectivity index (χ1v) is 7.07. The van der Waals surface area contributed by atoms with Crippen molar-refractivity contribution in [3.05, 3.63) is 28.4 Å². The van der Waals surface area contributed by atoms with Gasteiger partial charge in [0.1, 0.15) is 5.70 Å². The lowest BCUT2D eigenvalue weighted by Crippen LogP contribution is -2.21. The van der Waals surface area contributed by atoms with Crippen LogP contribution in [0.4, 0.5) is 0 Å². The van der Waals surface area contributed by atoms with Crippen LogP contribution < -0.4 is 20.1 Å². The number of hydrogen-bond donors (Lipinski definition) is 2. The topological polar surface area (TPSA) is 59.6 Å². The fraction of sp³-hybridized carbons (Fsp3) is 0.286. The molecule has 1 saturated heterocycles. The van der Waals surface area contributed by atoms with Crippen LogP contribution in [0.5, 0.6) is 11.5 Å². The Balaban J connectivity index is 2.38. The van der Waals surface area contributed by atoms with Crippen LogP contribution in [0.25, 0.3) is 6.08 Å². The number of halogens is 1. The van der Waals surface area contributed by atoms with Gasteiger partial charge in [-0.2, -0.15) is 0 Å². The minimum absolute atomic E-state index is 0.0275. The summed E-state index contributed by atoms with van der Waals surface area (Å²) in [6.07, 6.45) is 1.61. The summed E-state index contributed by atoms with van der Waals surface area (Å²) >= 11 is 11.1. The number of nitrogens with one attached hydrogen (secondary N) is 2. The van der Waals surface area contributed by atoms with Gasteiger partial charge >= 0.3 is 0 Å². The highest BCUT2D eigenvalue weighted by molar-refractivity contribution is 7.80. The first-order valence-electron chi connectivity index (χ1n) is 6.29. The maximum Gasteiger partial charge on any atom is 0.273 e. The molecule has 21 heavy (non-hydrogen) atoms. The summed E-state index contributed by atoms with van der Waals surface area (Å²) in [6, 6.07) is 3.44. The third-order valence-corrected chi connectivity index (χ3v) is 3.12.